The number of hydrogen-bond acceptors (Lipinski definition) is 1. The fourth-order valence-electron chi connectivity index (χ4n) is 1.52. The molecule has 0 bridgehead atoms. The van der Waals surface area contributed by atoms with Gasteiger partial charge < -0.3 is 5.21 Å². The summed E-state index contributed by atoms with van der Waals surface area (Å²) in [5, 5.41) is 12.5. The predicted molar refractivity (Wildman–Crippen MR) is 71.1 cm³/mol. The second-order valence-electron chi connectivity index (χ2n) is 3.79. The Morgan fingerprint density at radius 2 is 1.71 bits per heavy atom. The number of nitrogens with zero attached hydrogens (tertiary/aromatic N) is 1. The SMILES string of the molecule is Cc1ccccc1/C=[N+](\[O-])c1ccc(Cl)cc1. The van der Waals surface area contributed by atoms with Gasteiger partial charge in [0.2, 0.25) is 5.69 Å². The zero-order chi connectivity index (χ0) is 12.3. The summed E-state index contributed by atoms with van der Waals surface area (Å²) < 4.78 is 0.846. The molecule has 0 fully saturated rings. The van der Waals surface area contributed by atoms with Gasteiger partial charge in [-0.3, -0.25) is 0 Å². The van der Waals surface area contributed by atoms with E-state index in [1.807, 2.05) is 31.2 Å². The first-order valence-corrected chi connectivity index (χ1v) is 5.67. The largest absolute Gasteiger partial charge is 0.618 e. The van der Waals surface area contributed by atoms with Gasteiger partial charge in [0.15, 0.2) is 6.21 Å². The highest BCUT2D eigenvalue weighted by Gasteiger charge is 2.02. The van der Waals surface area contributed by atoms with E-state index in [4.69, 9.17) is 11.6 Å². The summed E-state index contributed by atoms with van der Waals surface area (Å²) in [6.45, 7) is 1.97. The van der Waals surface area contributed by atoms with Crippen LogP contribution in [0.1, 0.15) is 11.1 Å². The maximum absolute atomic E-state index is 11.9. The predicted octanol–water partition coefficient (Wildman–Crippen LogP) is 3.91. The lowest BCUT2D eigenvalue weighted by atomic mass is 10.1. The first kappa shape index (κ1) is 11.7. The third-order valence-electron chi connectivity index (χ3n) is 2.53. The van der Waals surface area contributed by atoms with E-state index in [-0.39, 0.29) is 0 Å². The Morgan fingerprint density at radius 3 is 2.35 bits per heavy atom. The maximum atomic E-state index is 11.9. The van der Waals surface area contributed by atoms with E-state index >= 15 is 0 Å². The van der Waals surface area contributed by atoms with Crippen LogP contribution in [0.25, 0.3) is 0 Å². The van der Waals surface area contributed by atoms with Gasteiger partial charge >= 0.3 is 0 Å². The molecule has 0 spiro atoms. The molecular formula is C14H12ClNO. The smallest absolute Gasteiger partial charge is 0.216 e. The van der Waals surface area contributed by atoms with Crippen molar-refractivity contribution in [2.75, 3.05) is 0 Å². The summed E-state index contributed by atoms with van der Waals surface area (Å²) in [6, 6.07) is 14.5. The monoisotopic (exact) mass is 245 g/mol. The Balaban J connectivity index is 2.34. The Hall–Kier alpha value is -1.80. The molecular weight excluding hydrogens is 234 g/mol. The van der Waals surface area contributed by atoms with Gasteiger partial charge in [-0.25, -0.2) is 0 Å². The third-order valence-corrected chi connectivity index (χ3v) is 2.78. The van der Waals surface area contributed by atoms with Gasteiger partial charge in [-0.1, -0.05) is 29.8 Å². The van der Waals surface area contributed by atoms with Crippen LogP contribution in [0.3, 0.4) is 0 Å². The molecule has 0 heterocycles. The first-order valence-electron chi connectivity index (χ1n) is 5.29. The number of halogens is 1. The number of aryl methyl sites for hydroxylation is 1. The minimum atomic E-state index is 0.567. The fraction of sp³-hybridized carbons (Fsp3) is 0.0714. The Bertz CT molecular complexity index is 546. The molecule has 17 heavy (non-hydrogen) atoms. The van der Waals surface area contributed by atoms with Crippen LogP contribution in [-0.4, -0.2) is 11.0 Å². The Kier molecular flexibility index (Phi) is 3.45. The van der Waals surface area contributed by atoms with Crippen molar-refractivity contribution >= 4 is 23.5 Å². The van der Waals surface area contributed by atoms with Crippen molar-refractivity contribution in [3.8, 4) is 0 Å². The fourth-order valence-corrected chi connectivity index (χ4v) is 1.65. The molecule has 0 aromatic heterocycles. The van der Waals surface area contributed by atoms with Crippen molar-refractivity contribution < 1.29 is 4.74 Å². The van der Waals surface area contributed by atoms with Crippen LogP contribution in [0, 0.1) is 12.1 Å². The Labute approximate surface area is 105 Å². The molecule has 0 unspecified atom stereocenters. The van der Waals surface area contributed by atoms with Crippen molar-refractivity contribution in [2.45, 2.75) is 6.92 Å². The second kappa shape index (κ2) is 5.02. The molecule has 2 aromatic rings. The normalized spacial score (nSPS) is 11.5. The highest BCUT2D eigenvalue weighted by atomic mass is 35.5. The van der Waals surface area contributed by atoms with E-state index in [9.17, 15) is 5.21 Å². The van der Waals surface area contributed by atoms with Gasteiger partial charge in [0, 0.05) is 22.7 Å². The molecule has 2 rings (SSSR count). The zero-order valence-electron chi connectivity index (χ0n) is 9.43. The van der Waals surface area contributed by atoms with Crippen LogP contribution in [0.2, 0.25) is 5.02 Å². The maximum Gasteiger partial charge on any atom is 0.216 e. The highest BCUT2D eigenvalue weighted by molar-refractivity contribution is 6.30. The molecule has 0 radical (unpaired) electrons. The lowest BCUT2D eigenvalue weighted by Crippen LogP contribution is -2.00. The summed E-state index contributed by atoms with van der Waals surface area (Å²) in [7, 11) is 0. The van der Waals surface area contributed by atoms with Crippen molar-refractivity contribution in [1.29, 1.82) is 0 Å². The second-order valence-corrected chi connectivity index (χ2v) is 4.22. The van der Waals surface area contributed by atoms with Crippen molar-refractivity contribution in [2.24, 2.45) is 0 Å². The highest BCUT2D eigenvalue weighted by Crippen LogP contribution is 2.16. The molecule has 3 heteroatoms. The average Bonchev–Trinajstić information content (AvgIpc) is 2.33. The molecule has 0 N–H and O–H groups in total. The minimum absolute atomic E-state index is 0.567. The van der Waals surface area contributed by atoms with Gasteiger partial charge in [0.25, 0.3) is 0 Å². The number of hydrogen-bond donors (Lipinski definition) is 0. The Morgan fingerprint density at radius 1 is 1.06 bits per heavy atom. The molecule has 0 atom stereocenters. The van der Waals surface area contributed by atoms with E-state index in [2.05, 4.69) is 0 Å². The summed E-state index contributed by atoms with van der Waals surface area (Å²) in [5.41, 5.74) is 2.55. The van der Waals surface area contributed by atoms with Gasteiger partial charge in [0.05, 0.1) is 0 Å². The van der Waals surface area contributed by atoms with Crippen molar-refractivity contribution in [1.82, 2.24) is 0 Å². The van der Waals surface area contributed by atoms with Crippen LogP contribution >= 0.6 is 11.6 Å². The summed E-state index contributed by atoms with van der Waals surface area (Å²) in [6.07, 6.45) is 1.57. The van der Waals surface area contributed by atoms with Crippen LogP contribution in [0.15, 0.2) is 48.5 Å². The zero-order valence-corrected chi connectivity index (χ0v) is 10.2. The molecule has 0 saturated carbocycles. The molecule has 0 aliphatic rings. The van der Waals surface area contributed by atoms with E-state index in [1.54, 1.807) is 30.5 Å². The van der Waals surface area contributed by atoms with E-state index in [1.165, 1.54) is 0 Å². The molecule has 0 aliphatic carbocycles. The van der Waals surface area contributed by atoms with E-state index in [0.717, 1.165) is 15.9 Å². The summed E-state index contributed by atoms with van der Waals surface area (Å²) in [5.74, 6) is 0. The average molecular weight is 246 g/mol. The number of rotatable bonds is 2. The van der Waals surface area contributed by atoms with Crippen molar-refractivity contribution in [3.05, 3.63) is 69.9 Å². The first-order chi connectivity index (χ1) is 8.16. The van der Waals surface area contributed by atoms with Crippen molar-refractivity contribution in [3.63, 3.8) is 0 Å². The van der Waals surface area contributed by atoms with Gasteiger partial charge in [-0.2, -0.15) is 4.74 Å². The standard InChI is InChI=1S/C14H12ClNO/c1-11-4-2-3-5-12(11)10-16(17)14-8-6-13(15)7-9-14/h2-10H,1H3/b16-10-. The third kappa shape index (κ3) is 2.86. The van der Waals surface area contributed by atoms with Crippen LogP contribution in [0.5, 0.6) is 0 Å². The minimum Gasteiger partial charge on any atom is -0.618 e. The van der Waals surface area contributed by atoms with Crippen LogP contribution < -0.4 is 0 Å². The van der Waals surface area contributed by atoms with E-state index < -0.39 is 0 Å². The number of benzene rings is 2. The molecule has 86 valence electrons. The lowest BCUT2D eigenvalue weighted by molar-refractivity contribution is -0.354. The molecule has 0 amide bonds. The molecule has 2 aromatic carbocycles. The van der Waals surface area contributed by atoms with Crippen LogP contribution in [0.4, 0.5) is 5.69 Å². The molecule has 0 saturated heterocycles. The van der Waals surface area contributed by atoms with E-state index in [0.29, 0.717) is 10.7 Å². The summed E-state index contributed by atoms with van der Waals surface area (Å²) in [4.78, 5) is 0. The summed E-state index contributed by atoms with van der Waals surface area (Å²) >= 11 is 5.77. The van der Waals surface area contributed by atoms with Crippen LogP contribution in [-0.2, 0) is 0 Å². The van der Waals surface area contributed by atoms with Gasteiger partial charge in [0.1, 0.15) is 0 Å². The van der Waals surface area contributed by atoms with Gasteiger partial charge in [-0.05, 0) is 30.7 Å². The molecule has 0 aliphatic heterocycles. The topological polar surface area (TPSA) is 26.1 Å². The lowest BCUT2D eigenvalue weighted by Gasteiger charge is -2.04. The van der Waals surface area contributed by atoms with Gasteiger partial charge in [-0.15, -0.1) is 0 Å². The molecule has 2 nitrogen and oxygen atoms in total. The quantitative estimate of drug-likeness (QED) is 0.341.